The summed E-state index contributed by atoms with van der Waals surface area (Å²) in [6.07, 6.45) is 0.824. The third kappa shape index (κ3) is 5.35. The van der Waals surface area contributed by atoms with E-state index in [0.29, 0.717) is 38.4 Å². The summed E-state index contributed by atoms with van der Waals surface area (Å²) in [4.78, 5) is 53.6. The first-order valence-electron chi connectivity index (χ1n) is 9.21. The molecule has 0 spiro atoms. The summed E-state index contributed by atoms with van der Waals surface area (Å²) in [6, 6.07) is 7.98. The number of piperazine rings is 1. The first-order chi connectivity index (χ1) is 13.4. The second kappa shape index (κ2) is 9.56. The highest BCUT2D eigenvalue weighted by Gasteiger charge is 2.32. The van der Waals surface area contributed by atoms with Crippen LogP contribution in [-0.4, -0.2) is 76.8 Å². The standard InChI is InChI=1S/C19H22BrN3O4S/c20-14-1-3-15(4-2-14)28-12-7-16(24)21-8-10-22(11-9-21)19(27)13-23-17(25)5-6-18(23)26/h1-4H,5-13H2. The molecule has 0 saturated carbocycles. The van der Waals surface area contributed by atoms with Crippen LogP contribution in [0.1, 0.15) is 19.3 Å². The summed E-state index contributed by atoms with van der Waals surface area (Å²) in [7, 11) is 0. The number of carbonyl (C=O) groups excluding carboxylic acids is 4. The molecule has 0 bridgehead atoms. The van der Waals surface area contributed by atoms with Crippen molar-refractivity contribution in [1.82, 2.24) is 14.7 Å². The van der Waals surface area contributed by atoms with Gasteiger partial charge in [-0.1, -0.05) is 15.9 Å². The monoisotopic (exact) mass is 467 g/mol. The van der Waals surface area contributed by atoms with Gasteiger partial charge in [0.2, 0.25) is 23.6 Å². The van der Waals surface area contributed by atoms with Crippen LogP contribution in [0.3, 0.4) is 0 Å². The molecule has 0 aliphatic carbocycles. The van der Waals surface area contributed by atoms with Gasteiger partial charge in [-0.25, -0.2) is 0 Å². The van der Waals surface area contributed by atoms with Crippen LogP contribution in [-0.2, 0) is 19.2 Å². The molecule has 0 N–H and O–H groups in total. The van der Waals surface area contributed by atoms with Crippen LogP contribution < -0.4 is 0 Å². The average molecular weight is 468 g/mol. The Hall–Kier alpha value is -1.87. The summed E-state index contributed by atoms with van der Waals surface area (Å²) in [5.74, 6) is -0.00677. The number of hydrogen-bond acceptors (Lipinski definition) is 5. The number of hydrogen-bond donors (Lipinski definition) is 0. The van der Waals surface area contributed by atoms with E-state index < -0.39 is 0 Å². The van der Waals surface area contributed by atoms with E-state index in [-0.39, 0.29) is 43.0 Å². The summed E-state index contributed by atoms with van der Waals surface area (Å²) >= 11 is 5.04. The molecule has 2 fully saturated rings. The van der Waals surface area contributed by atoms with Crippen molar-refractivity contribution in [2.24, 2.45) is 0 Å². The lowest BCUT2D eigenvalue weighted by atomic mass is 10.2. The van der Waals surface area contributed by atoms with Crippen molar-refractivity contribution in [1.29, 1.82) is 0 Å². The van der Waals surface area contributed by atoms with Crippen LogP contribution in [0.15, 0.2) is 33.6 Å². The first kappa shape index (κ1) is 20.9. The van der Waals surface area contributed by atoms with Gasteiger partial charge < -0.3 is 9.80 Å². The second-order valence-electron chi connectivity index (χ2n) is 6.69. The van der Waals surface area contributed by atoms with Gasteiger partial charge in [0, 0.05) is 60.6 Å². The Morgan fingerprint density at radius 1 is 0.893 bits per heavy atom. The highest BCUT2D eigenvalue weighted by atomic mass is 79.9. The van der Waals surface area contributed by atoms with Gasteiger partial charge in [0.05, 0.1) is 0 Å². The molecular weight excluding hydrogens is 446 g/mol. The van der Waals surface area contributed by atoms with Crippen LogP contribution in [0.25, 0.3) is 0 Å². The number of benzene rings is 1. The van der Waals surface area contributed by atoms with Gasteiger partial charge in [-0.05, 0) is 24.3 Å². The highest BCUT2D eigenvalue weighted by Crippen LogP contribution is 2.21. The topological polar surface area (TPSA) is 78.0 Å². The normalized spacial score (nSPS) is 17.4. The van der Waals surface area contributed by atoms with Crippen molar-refractivity contribution in [3.8, 4) is 0 Å². The maximum absolute atomic E-state index is 12.4. The van der Waals surface area contributed by atoms with E-state index in [0.717, 1.165) is 14.3 Å². The summed E-state index contributed by atoms with van der Waals surface area (Å²) in [5, 5.41) is 0. The number of imide groups is 1. The van der Waals surface area contributed by atoms with Gasteiger partial charge in [0.1, 0.15) is 6.54 Å². The zero-order valence-electron chi connectivity index (χ0n) is 15.4. The van der Waals surface area contributed by atoms with E-state index in [9.17, 15) is 19.2 Å². The van der Waals surface area contributed by atoms with E-state index >= 15 is 0 Å². The maximum Gasteiger partial charge on any atom is 0.242 e. The number of likely N-dealkylation sites (tertiary alicyclic amines) is 1. The second-order valence-corrected chi connectivity index (χ2v) is 8.77. The van der Waals surface area contributed by atoms with Crippen molar-refractivity contribution in [2.75, 3.05) is 38.5 Å². The Bertz CT molecular complexity index is 747. The van der Waals surface area contributed by atoms with E-state index in [1.165, 1.54) is 0 Å². The Morgan fingerprint density at radius 3 is 2.00 bits per heavy atom. The summed E-state index contributed by atoms with van der Waals surface area (Å²) in [5.41, 5.74) is 0. The van der Waals surface area contributed by atoms with Gasteiger partial charge in [0.25, 0.3) is 0 Å². The molecule has 9 heteroatoms. The van der Waals surface area contributed by atoms with E-state index in [1.807, 2.05) is 24.3 Å². The SMILES string of the molecule is O=C(CCSc1ccc(Br)cc1)N1CCN(C(=O)CN2C(=O)CCC2=O)CC1. The minimum absolute atomic E-state index is 0.0848. The quantitative estimate of drug-likeness (QED) is 0.470. The van der Waals surface area contributed by atoms with Crippen LogP contribution in [0.5, 0.6) is 0 Å². The minimum atomic E-state index is -0.282. The van der Waals surface area contributed by atoms with Crippen molar-refractivity contribution in [2.45, 2.75) is 24.2 Å². The third-order valence-corrected chi connectivity index (χ3v) is 6.37. The van der Waals surface area contributed by atoms with Crippen LogP contribution in [0, 0.1) is 0 Å². The molecule has 4 amide bonds. The molecule has 2 heterocycles. The molecule has 1 aromatic rings. The minimum Gasteiger partial charge on any atom is -0.339 e. The van der Waals surface area contributed by atoms with Gasteiger partial charge in [-0.2, -0.15) is 0 Å². The molecule has 2 saturated heterocycles. The molecule has 0 radical (unpaired) electrons. The fourth-order valence-electron chi connectivity index (χ4n) is 3.18. The Morgan fingerprint density at radius 2 is 1.43 bits per heavy atom. The van der Waals surface area contributed by atoms with Crippen molar-refractivity contribution in [3.63, 3.8) is 0 Å². The molecule has 1 aromatic carbocycles. The Kier molecular flexibility index (Phi) is 7.12. The summed E-state index contributed by atoms with van der Waals surface area (Å²) < 4.78 is 1.03. The fraction of sp³-hybridized carbons (Fsp3) is 0.474. The van der Waals surface area contributed by atoms with Gasteiger partial charge >= 0.3 is 0 Å². The predicted octanol–water partition coefficient (Wildman–Crippen LogP) is 1.75. The third-order valence-electron chi connectivity index (χ3n) is 4.83. The van der Waals surface area contributed by atoms with E-state index in [1.54, 1.807) is 21.6 Å². The largest absolute Gasteiger partial charge is 0.339 e. The number of carbonyl (C=O) groups is 4. The van der Waals surface area contributed by atoms with E-state index in [2.05, 4.69) is 15.9 Å². The number of nitrogens with zero attached hydrogens (tertiary/aromatic N) is 3. The maximum atomic E-state index is 12.4. The zero-order chi connectivity index (χ0) is 20.1. The van der Waals surface area contributed by atoms with Crippen molar-refractivity contribution in [3.05, 3.63) is 28.7 Å². The zero-order valence-corrected chi connectivity index (χ0v) is 17.8. The van der Waals surface area contributed by atoms with Crippen LogP contribution >= 0.6 is 27.7 Å². The summed E-state index contributed by atoms with van der Waals surface area (Å²) in [6.45, 7) is 1.64. The average Bonchev–Trinajstić information content (AvgIpc) is 3.01. The molecular formula is C19H22BrN3O4S. The predicted molar refractivity (Wildman–Crippen MR) is 109 cm³/mol. The molecule has 2 aliphatic heterocycles. The highest BCUT2D eigenvalue weighted by molar-refractivity contribution is 9.10. The first-order valence-corrected chi connectivity index (χ1v) is 11.0. The molecule has 3 rings (SSSR count). The van der Waals surface area contributed by atoms with Crippen LogP contribution in [0.4, 0.5) is 0 Å². The lowest BCUT2D eigenvalue weighted by Gasteiger charge is -2.35. The molecule has 150 valence electrons. The van der Waals surface area contributed by atoms with Gasteiger partial charge in [-0.15, -0.1) is 11.8 Å². The molecule has 28 heavy (non-hydrogen) atoms. The molecule has 0 unspecified atom stereocenters. The van der Waals surface area contributed by atoms with Crippen molar-refractivity contribution < 1.29 is 19.2 Å². The molecule has 0 atom stereocenters. The lowest BCUT2D eigenvalue weighted by Crippen LogP contribution is -2.53. The number of rotatable bonds is 6. The number of halogens is 1. The smallest absolute Gasteiger partial charge is 0.242 e. The fourth-order valence-corrected chi connectivity index (χ4v) is 4.29. The molecule has 7 nitrogen and oxygen atoms in total. The molecule has 2 aliphatic rings. The Balaban J connectivity index is 1.38. The Labute approximate surface area is 176 Å². The number of amides is 4. The number of thioether (sulfide) groups is 1. The van der Waals surface area contributed by atoms with Gasteiger partial charge in [0.15, 0.2) is 0 Å². The van der Waals surface area contributed by atoms with Crippen molar-refractivity contribution >= 4 is 51.3 Å². The van der Waals surface area contributed by atoms with Gasteiger partial charge in [-0.3, -0.25) is 24.1 Å². The van der Waals surface area contributed by atoms with E-state index in [4.69, 9.17) is 0 Å². The molecule has 0 aromatic heterocycles. The van der Waals surface area contributed by atoms with Crippen LogP contribution in [0.2, 0.25) is 0 Å². The lowest BCUT2D eigenvalue weighted by molar-refractivity contribution is -0.147.